The summed E-state index contributed by atoms with van der Waals surface area (Å²) >= 11 is 0. The van der Waals surface area contributed by atoms with Crippen LogP contribution in [0, 0.1) is 0 Å². The first-order valence-electron chi connectivity index (χ1n) is 8.61. The van der Waals surface area contributed by atoms with E-state index < -0.39 is 11.7 Å². The third kappa shape index (κ3) is 6.94. The van der Waals surface area contributed by atoms with Crippen molar-refractivity contribution in [1.29, 1.82) is 0 Å². The van der Waals surface area contributed by atoms with Crippen molar-refractivity contribution in [2.75, 3.05) is 21.1 Å². The maximum Gasteiger partial charge on any atom is 0.416 e. The second-order valence-corrected chi connectivity index (χ2v) is 6.53. The number of benzene rings is 2. The van der Waals surface area contributed by atoms with Crippen LogP contribution in [-0.4, -0.2) is 32.0 Å². The van der Waals surface area contributed by atoms with E-state index in [1.54, 1.807) is 7.05 Å². The minimum absolute atomic E-state index is 0.388. The van der Waals surface area contributed by atoms with E-state index in [1.165, 1.54) is 17.7 Å². The fourth-order valence-corrected chi connectivity index (χ4v) is 2.53. The topological polar surface area (TPSA) is 39.7 Å². The van der Waals surface area contributed by atoms with Crippen LogP contribution in [0.4, 0.5) is 13.2 Å². The van der Waals surface area contributed by atoms with Gasteiger partial charge >= 0.3 is 6.18 Å². The minimum Gasteiger partial charge on any atom is -0.352 e. The quantitative estimate of drug-likeness (QED) is 0.596. The van der Waals surface area contributed by atoms with Gasteiger partial charge in [-0.05, 0) is 42.9 Å². The van der Waals surface area contributed by atoms with Gasteiger partial charge in [0.05, 0.1) is 5.56 Å². The average molecular weight is 378 g/mol. The zero-order valence-electron chi connectivity index (χ0n) is 15.8. The second kappa shape index (κ2) is 9.41. The van der Waals surface area contributed by atoms with Gasteiger partial charge in [-0.2, -0.15) is 13.2 Å². The fourth-order valence-electron chi connectivity index (χ4n) is 2.53. The highest BCUT2D eigenvalue weighted by atomic mass is 19.4. The maximum atomic E-state index is 12.6. The monoisotopic (exact) mass is 378 g/mol. The molecule has 146 valence electrons. The normalized spacial score (nSPS) is 12.3. The fraction of sp³-hybridized carbons (Fsp3) is 0.350. The Morgan fingerprint density at radius 1 is 0.852 bits per heavy atom. The molecule has 0 unspecified atom stereocenters. The van der Waals surface area contributed by atoms with Crippen molar-refractivity contribution in [3.05, 3.63) is 70.8 Å². The van der Waals surface area contributed by atoms with Crippen molar-refractivity contribution >= 4 is 5.96 Å². The largest absolute Gasteiger partial charge is 0.416 e. The number of halogens is 3. The van der Waals surface area contributed by atoms with Crippen LogP contribution >= 0.6 is 0 Å². The molecule has 2 N–H and O–H groups in total. The standard InChI is InChI=1S/C20H25F3N4/c1-24-19(25-12-15-4-6-17(7-5-15)14-27(2)3)26-13-16-8-10-18(11-9-16)20(21,22)23/h4-11H,12-14H2,1-3H3,(H2,24,25,26). The van der Waals surface area contributed by atoms with Gasteiger partial charge in [0.1, 0.15) is 0 Å². The van der Waals surface area contributed by atoms with E-state index >= 15 is 0 Å². The van der Waals surface area contributed by atoms with Gasteiger partial charge < -0.3 is 15.5 Å². The number of aliphatic imine (C=N–C) groups is 1. The molecule has 0 fully saturated rings. The van der Waals surface area contributed by atoms with Gasteiger partial charge in [-0.15, -0.1) is 0 Å². The summed E-state index contributed by atoms with van der Waals surface area (Å²) in [5.74, 6) is 0.590. The highest BCUT2D eigenvalue weighted by Crippen LogP contribution is 2.29. The predicted octanol–water partition coefficient (Wildman–Crippen LogP) is 3.63. The summed E-state index contributed by atoms with van der Waals surface area (Å²) in [6.45, 7) is 1.89. The molecule has 2 rings (SSSR count). The number of nitrogens with zero attached hydrogens (tertiary/aromatic N) is 2. The Kier molecular flexibility index (Phi) is 7.24. The van der Waals surface area contributed by atoms with Gasteiger partial charge in [0.25, 0.3) is 0 Å². The van der Waals surface area contributed by atoms with Gasteiger partial charge in [-0.1, -0.05) is 36.4 Å². The summed E-state index contributed by atoms with van der Waals surface area (Å²) in [7, 11) is 5.71. The van der Waals surface area contributed by atoms with Crippen molar-refractivity contribution in [1.82, 2.24) is 15.5 Å². The number of alkyl halides is 3. The third-order valence-corrected chi connectivity index (χ3v) is 3.95. The van der Waals surface area contributed by atoms with Crippen molar-refractivity contribution < 1.29 is 13.2 Å². The Morgan fingerprint density at radius 3 is 1.70 bits per heavy atom. The van der Waals surface area contributed by atoms with Gasteiger partial charge in [-0.25, -0.2) is 0 Å². The first kappa shape index (κ1) is 20.8. The van der Waals surface area contributed by atoms with E-state index in [0.717, 1.165) is 29.8 Å². The summed E-state index contributed by atoms with van der Waals surface area (Å²) in [6, 6.07) is 13.4. The summed E-state index contributed by atoms with van der Waals surface area (Å²) < 4.78 is 37.8. The van der Waals surface area contributed by atoms with E-state index in [2.05, 4.69) is 44.8 Å². The predicted molar refractivity (Wildman–Crippen MR) is 102 cm³/mol. The second-order valence-electron chi connectivity index (χ2n) is 6.53. The number of hydrogen-bond donors (Lipinski definition) is 2. The molecule has 4 nitrogen and oxygen atoms in total. The molecule has 2 aromatic rings. The van der Waals surface area contributed by atoms with Crippen LogP contribution < -0.4 is 10.6 Å². The maximum absolute atomic E-state index is 12.6. The first-order chi connectivity index (χ1) is 12.8. The van der Waals surface area contributed by atoms with Crippen molar-refractivity contribution in [2.24, 2.45) is 4.99 Å². The van der Waals surface area contributed by atoms with Crippen LogP contribution in [-0.2, 0) is 25.8 Å². The smallest absolute Gasteiger partial charge is 0.352 e. The number of guanidine groups is 1. The van der Waals surface area contributed by atoms with E-state index in [1.807, 2.05) is 14.1 Å². The lowest BCUT2D eigenvalue weighted by molar-refractivity contribution is -0.137. The molecule has 0 aliphatic rings. The van der Waals surface area contributed by atoms with Crippen molar-refractivity contribution in [3.8, 4) is 0 Å². The van der Waals surface area contributed by atoms with E-state index in [-0.39, 0.29) is 0 Å². The van der Waals surface area contributed by atoms with Crippen molar-refractivity contribution in [2.45, 2.75) is 25.8 Å². The van der Waals surface area contributed by atoms with Crippen molar-refractivity contribution in [3.63, 3.8) is 0 Å². The Hall–Kier alpha value is -2.54. The van der Waals surface area contributed by atoms with Crippen LogP contribution in [0.2, 0.25) is 0 Å². The first-order valence-corrected chi connectivity index (χ1v) is 8.61. The number of rotatable bonds is 6. The number of hydrogen-bond acceptors (Lipinski definition) is 2. The zero-order valence-corrected chi connectivity index (χ0v) is 15.8. The van der Waals surface area contributed by atoms with E-state index in [9.17, 15) is 13.2 Å². The third-order valence-electron chi connectivity index (χ3n) is 3.95. The molecule has 0 radical (unpaired) electrons. The van der Waals surface area contributed by atoms with Crippen LogP contribution in [0.5, 0.6) is 0 Å². The summed E-state index contributed by atoms with van der Waals surface area (Å²) in [5.41, 5.74) is 2.47. The van der Waals surface area contributed by atoms with Crippen LogP contribution in [0.3, 0.4) is 0 Å². The van der Waals surface area contributed by atoms with Crippen LogP contribution in [0.15, 0.2) is 53.5 Å². The molecule has 2 aromatic carbocycles. The molecular weight excluding hydrogens is 353 g/mol. The molecule has 0 saturated heterocycles. The molecule has 0 amide bonds. The summed E-state index contributed by atoms with van der Waals surface area (Å²) in [4.78, 5) is 6.25. The highest BCUT2D eigenvalue weighted by Gasteiger charge is 2.29. The van der Waals surface area contributed by atoms with E-state index in [4.69, 9.17) is 0 Å². The lowest BCUT2D eigenvalue weighted by Gasteiger charge is -2.13. The minimum atomic E-state index is -4.31. The highest BCUT2D eigenvalue weighted by molar-refractivity contribution is 5.79. The average Bonchev–Trinajstić information content (AvgIpc) is 2.62. The molecule has 0 bridgehead atoms. The molecule has 0 aliphatic carbocycles. The summed E-state index contributed by atoms with van der Waals surface area (Å²) in [6.07, 6.45) is -4.31. The number of nitrogens with one attached hydrogen (secondary N) is 2. The molecule has 0 spiro atoms. The molecule has 7 heteroatoms. The molecule has 0 saturated carbocycles. The molecule has 0 atom stereocenters. The Bertz CT molecular complexity index is 735. The zero-order chi connectivity index (χ0) is 19.9. The Labute approximate surface area is 158 Å². The Morgan fingerprint density at radius 2 is 1.30 bits per heavy atom. The lowest BCUT2D eigenvalue weighted by Crippen LogP contribution is -2.36. The van der Waals surface area contributed by atoms with E-state index in [0.29, 0.717) is 19.0 Å². The molecule has 27 heavy (non-hydrogen) atoms. The van der Waals surface area contributed by atoms with Crippen LogP contribution in [0.1, 0.15) is 22.3 Å². The van der Waals surface area contributed by atoms with Crippen LogP contribution in [0.25, 0.3) is 0 Å². The van der Waals surface area contributed by atoms with Gasteiger partial charge in [-0.3, -0.25) is 4.99 Å². The molecule has 0 aliphatic heterocycles. The molecular formula is C20H25F3N4. The SMILES string of the molecule is CN=C(NCc1ccc(CN(C)C)cc1)NCc1ccc(C(F)(F)F)cc1. The van der Waals surface area contributed by atoms with Gasteiger partial charge in [0.2, 0.25) is 0 Å². The Balaban J connectivity index is 1.83. The lowest BCUT2D eigenvalue weighted by atomic mass is 10.1. The van der Waals surface area contributed by atoms with Gasteiger partial charge in [0, 0.05) is 26.7 Å². The van der Waals surface area contributed by atoms with Gasteiger partial charge in [0.15, 0.2) is 5.96 Å². The summed E-state index contributed by atoms with van der Waals surface area (Å²) in [5, 5.41) is 6.30. The molecule has 0 aromatic heterocycles. The molecule has 0 heterocycles.